The van der Waals surface area contributed by atoms with Crippen molar-refractivity contribution in [2.24, 2.45) is 0 Å². The van der Waals surface area contributed by atoms with Gasteiger partial charge >= 0.3 is 0 Å². The summed E-state index contributed by atoms with van der Waals surface area (Å²) in [6.45, 7) is 4.92. The smallest absolute Gasteiger partial charge is 0.220 e. The number of rotatable bonds is 7. The molecule has 114 valence electrons. The molecule has 0 aliphatic carbocycles. The van der Waals surface area contributed by atoms with Crippen molar-refractivity contribution in [1.82, 2.24) is 20.9 Å². The molecular weight excluding hydrogens is 272 g/mol. The summed E-state index contributed by atoms with van der Waals surface area (Å²) in [5.74, 6) is 0.111. The van der Waals surface area contributed by atoms with E-state index in [-0.39, 0.29) is 11.3 Å². The Morgan fingerprint density at radius 2 is 2.40 bits per heavy atom. The lowest BCUT2D eigenvalue weighted by Crippen LogP contribution is -2.48. The highest BCUT2D eigenvalue weighted by Gasteiger charge is 2.31. The maximum Gasteiger partial charge on any atom is 0.220 e. The highest BCUT2D eigenvalue weighted by Crippen LogP contribution is 2.28. The minimum atomic E-state index is 0.0889. The van der Waals surface area contributed by atoms with Crippen LogP contribution >= 0.6 is 12.6 Å². The number of amides is 1. The van der Waals surface area contributed by atoms with Crippen LogP contribution in [0.1, 0.15) is 32.6 Å². The highest BCUT2D eigenvalue weighted by molar-refractivity contribution is 7.80. The van der Waals surface area contributed by atoms with E-state index in [4.69, 9.17) is 0 Å². The molecule has 0 saturated heterocycles. The van der Waals surface area contributed by atoms with E-state index in [1.165, 1.54) is 11.3 Å². The van der Waals surface area contributed by atoms with Gasteiger partial charge in [0.05, 0.1) is 18.1 Å². The fourth-order valence-corrected chi connectivity index (χ4v) is 3.03. The summed E-state index contributed by atoms with van der Waals surface area (Å²) in [5.41, 5.74) is 2.79. The van der Waals surface area contributed by atoms with Gasteiger partial charge in [-0.3, -0.25) is 10.1 Å². The lowest BCUT2D eigenvalue weighted by molar-refractivity contribution is -0.121. The fourth-order valence-electron chi connectivity index (χ4n) is 2.90. The Hall–Kier alpha value is -0.720. The molecule has 0 saturated carbocycles. The first-order valence-corrected chi connectivity index (χ1v) is 8.00. The first kappa shape index (κ1) is 15.7. The molecule has 0 spiro atoms. The second-order valence-corrected chi connectivity index (χ2v) is 6.04. The van der Waals surface area contributed by atoms with E-state index in [2.05, 4.69) is 40.4 Å². The summed E-state index contributed by atoms with van der Waals surface area (Å²) in [4.78, 5) is 14.3. The molecule has 2 bridgehead atoms. The molecule has 5 nitrogen and oxygen atoms in total. The average molecular weight is 298 g/mol. The van der Waals surface area contributed by atoms with Gasteiger partial charge < -0.3 is 15.5 Å². The van der Waals surface area contributed by atoms with Crippen molar-refractivity contribution in [3.05, 3.63) is 11.3 Å². The topological polar surface area (TPSA) is 56.4 Å². The third-order valence-corrected chi connectivity index (χ3v) is 4.67. The van der Waals surface area contributed by atoms with Gasteiger partial charge in [0.2, 0.25) is 5.91 Å². The van der Waals surface area contributed by atoms with E-state index >= 15 is 0 Å². The van der Waals surface area contributed by atoms with Crippen LogP contribution in [-0.2, 0) is 4.79 Å². The molecule has 0 fully saturated rings. The van der Waals surface area contributed by atoms with Crippen molar-refractivity contribution in [1.29, 1.82) is 0 Å². The van der Waals surface area contributed by atoms with Crippen LogP contribution in [-0.4, -0.2) is 49.0 Å². The number of fused-ring (bicyclic) bond motifs is 1. The lowest BCUT2D eigenvalue weighted by atomic mass is 10.1. The van der Waals surface area contributed by atoms with E-state index in [0.717, 1.165) is 32.4 Å². The molecule has 2 aliphatic heterocycles. The Balaban J connectivity index is 1.80. The van der Waals surface area contributed by atoms with Crippen molar-refractivity contribution < 1.29 is 4.79 Å². The van der Waals surface area contributed by atoms with Gasteiger partial charge in [0.1, 0.15) is 0 Å². The number of thiol groups is 1. The molecule has 20 heavy (non-hydrogen) atoms. The van der Waals surface area contributed by atoms with Gasteiger partial charge in [-0.25, -0.2) is 0 Å². The van der Waals surface area contributed by atoms with Gasteiger partial charge in [0.15, 0.2) is 0 Å². The van der Waals surface area contributed by atoms with E-state index in [9.17, 15) is 4.79 Å². The number of hydrogen-bond donors (Lipinski definition) is 4. The van der Waals surface area contributed by atoms with Crippen LogP contribution in [0, 0.1) is 0 Å². The molecule has 2 heterocycles. The molecular formula is C14H26N4OS. The average Bonchev–Trinajstić information content (AvgIpc) is 2.74. The largest absolute Gasteiger partial charge is 0.358 e. The number of nitrogens with zero attached hydrogens (tertiary/aromatic N) is 1. The first-order valence-electron chi connectivity index (χ1n) is 7.48. The molecule has 2 atom stereocenters. The second-order valence-electron chi connectivity index (χ2n) is 5.42. The number of carbonyl (C=O) groups is 1. The Bertz CT molecular complexity index is 385. The Labute approximate surface area is 127 Å². The normalized spacial score (nSPS) is 23.1. The predicted octanol–water partition coefficient (Wildman–Crippen LogP) is 0.657. The van der Waals surface area contributed by atoms with E-state index in [1.807, 2.05) is 7.05 Å². The Morgan fingerprint density at radius 1 is 1.60 bits per heavy atom. The first-order chi connectivity index (χ1) is 9.65. The minimum Gasteiger partial charge on any atom is -0.358 e. The molecule has 0 aromatic rings. The zero-order valence-electron chi connectivity index (χ0n) is 12.4. The van der Waals surface area contributed by atoms with Crippen LogP contribution in [0.2, 0.25) is 0 Å². The summed E-state index contributed by atoms with van der Waals surface area (Å²) in [5, 5.41) is 9.69. The fraction of sp³-hybridized carbons (Fsp3) is 0.786. The highest BCUT2D eigenvalue weighted by atomic mass is 32.1. The molecule has 2 aliphatic rings. The zero-order chi connectivity index (χ0) is 14.5. The second kappa shape index (κ2) is 7.33. The van der Waals surface area contributed by atoms with Gasteiger partial charge in [-0.2, -0.15) is 12.6 Å². The summed E-state index contributed by atoms with van der Waals surface area (Å²) >= 11 is 4.32. The minimum absolute atomic E-state index is 0.0889. The molecule has 6 heteroatoms. The molecule has 0 aromatic heterocycles. The predicted molar refractivity (Wildman–Crippen MR) is 84.5 cm³/mol. The maximum atomic E-state index is 11.9. The molecule has 3 N–H and O–H groups in total. The lowest BCUT2D eigenvalue weighted by Gasteiger charge is -2.35. The maximum absolute atomic E-state index is 11.9. The van der Waals surface area contributed by atoms with Crippen molar-refractivity contribution in [3.8, 4) is 0 Å². The number of nitrogens with one attached hydrogen (secondary N) is 3. The van der Waals surface area contributed by atoms with Crippen LogP contribution in [0.5, 0.6) is 0 Å². The summed E-state index contributed by atoms with van der Waals surface area (Å²) < 4.78 is 0. The van der Waals surface area contributed by atoms with E-state index in [0.29, 0.717) is 19.1 Å². The van der Waals surface area contributed by atoms with Crippen LogP contribution in [0.25, 0.3) is 0 Å². The molecule has 2 rings (SSSR count). The third kappa shape index (κ3) is 3.68. The van der Waals surface area contributed by atoms with Gasteiger partial charge in [0, 0.05) is 25.2 Å². The van der Waals surface area contributed by atoms with Crippen molar-refractivity contribution >= 4 is 18.5 Å². The van der Waals surface area contributed by atoms with Crippen LogP contribution < -0.4 is 16.0 Å². The molecule has 2 unspecified atom stereocenters. The number of carbonyl (C=O) groups excluding carboxylic acids is 1. The van der Waals surface area contributed by atoms with Gasteiger partial charge in [-0.1, -0.05) is 6.92 Å². The zero-order valence-corrected chi connectivity index (χ0v) is 13.3. The van der Waals surface area contributed by atoms with Gasteiger partial charge in [-0.15, -0.1) is 0 Å². The summed E-state index contributed by atoms with van der Waals surface area (Å²) in [6, 6.07) is 0. The summed E-state index contributed by atoms with van der Waals surface area (Å²) in [6.07, 6.45) is 3.92. The third-order valence-electron chi connectivity index (χ3n) is 4.15. The monoisotopic (exact) mass is 298 g/mol. The molecule has 0 aromatic carbocycles. The van der Waals surface area contributed by atoms with Gasteiger partial charge in [0.25, 0.3) is 0 Å². The van der Waals surface area contributed by atoms with Gasteiger partial charge in [-0.05, 0) is 31.9 Å². The standard InChI is InChI=1S/C14H26N4OS/c1-3-12-16-8-10-6-7-18(12)11(10)9-17-13(19)4-5-14(20)15-2/h12,14-16,20H,3-9H2,1-2H3,(H,17,19). The van der Waals surface area contributed by atoms with Crippen LogP contribution in [0.15, 0.2) is 11.3 Å². The van der Waals surface area contributed by atoms with Crippen molar-refractivity contribution in [2.45, 2.75) is 44.1 Å². The molecule has 1 amide bonds. The van der Waals surface area contributed by atoms with Crippen LogP contribution in [0.3, 0.4) is 0 Å². The van der Waals surface area contributed by atoms with Crippen molar-refractivity contribution in [3.63, 3.8) is 0 Å². The van der Waals surface area contributed by atoms with E-state index in [1.54, 1.807) is 0 Å². The SMILES string of the molecule is CCC1NCC2=C(CNC(=O)CCC(S)NC)N1CC2. The summed E-state index contributed by atoms with van der Waals surface area (Å²) in [7, 11) is 1.85. The Kier molecular flexibility index (Phi) is 5.74. The Morgan fingerprint density at radius 3 is 3.10 bits per heavy atom. The quantitative estimate of drug-likeness (QED) is 0.412. The number of hydrogen-bond acceptors (Lipinski definition) is 5. The van der Waals surface area contributed by atoms with E-state index < -0.39 is 0 Å². The van der Waals surface area contributed by atoms with Crippen molar-refractivity contribution in [2.75, 3.05) is 26.7 Å². The molecule has 0 radical (unpaired) electrons. The van der Waals surface area contributed by atoms with Crippen LogP contribution in [0.4, 0.5) is 0 Å².